The Bertz CT molecular complexity index is 197. The van der Waals surface area contributed by atoms with Crippen LogP contribution in [0.4, 0.5) is 0 Å². The summed E-state index contributed by atoms with van der Waals surface area (Å²) in [6.07, 6.45) is 3.29. The molecule has 15 heavy (non-hydrogen) atoms. The Hall–Kier alpha value is -0.0800. The third-order valence-corrected chi connectivity index (χ3v) is 3.82. The molecule has 90 valence electrons. The van der Waals surface area contributed by atoms with E-state index in [1.54, 1.807) is 6.92 Å². The number of aliphatic hydroxyl groups is 2. The maximum absolute atomic E-state index is 10.7. The highest BCUT2D eigenvalue weighted by atomic mass is 16.3. The van der Waals surface area contributed by atoms with Crippen LogP contribution >= 0.6 is 0 Å². The summed E-state index contributed by atoms with van der Waals surface area (Å²) >= 11 is 0. The van der Waals surface area contributed by atoms with Gasteiger partial charge in [-0.05, 0) is 37.5 Å². The molecule has 0 saturated heterocycles. The highest BCUT2D eigenvalue weighted by Gasteiger charge is 2.43. The molecule has 0 aromatic heterocycles. The first-order chi connectivity index (χ1) is 6.85. The number of rotatable bonds is 3. The average Bonchev–Trinajstić information content (AvgIpc) is 1.99. The van der Waals surface area contributed by atoms with Crippen molar-refractivity contribution in [3.05, 3.63) is 0 Å². The largest absolute Gasteiger partial charge is 0.393 e. The minimum atomic E-state index is -0.639. The van der Waals surface area contributed by atoms with E-state index < -0.39 is 11.7 Å². The number of aliphatic hydroxyl groups excluding tert-OH is 1. The van der Waals surface area contributed by atoms with E-state index in [2.05, 4.69) is 20.8 Å². The highest BCUT2D eigenvalue weighted by molar-refractivity contribution is 4.94. The molecule has 1 aliphatic carbocycles. The van der Waals surface area contributed by atoms with Gasteiger partial charge in [-0.25, -0.2) is 0 Å². The molecule has 1 fully saturated rings. The van der Waals surface area contributed by atoms with Gasteiger partial charge in [0, 0.05) is 6.42 Å². The molecule has 4 atom stereocenters. The van der Waals surface area contributed by atoms with Gasteiger partial charge in [-0.2, -0.15) is 0 Å². The van der Waals surface area contributed by atoms with Crippen LogP contribution in [0, 0.1) is 17.8 Å². The first kappa shape index (κ1) is 13.0. The SMILES string of the molecule is CC(C)[C@@H]1CC[C@@H](C)C[C@@]1(O)C[C@H](C)O. The number of hydrogen-bond donors (Lipinski definition) is 2. The Kier molecular flexibility index (Phi) is 4.19. The molecule has 0 bridgehead atoms. The molecule has 1 rings (SSSR count). The number of hydrogen-bond acceptors (Lipinski definition) is 2. The zero-order chi connectivity index (χ0) is 11.6. The van der Waals surface area contributed by atoms with Crippen molar-refractivity contribution in [2.24, 2.45) is 17.8 Å². The molecule has 2 N–H and O–H groups in total. The minimum absolute atomic E-state index is 0.350. The lowest BCUT2D eigenvalue weighted by atomic mass is 9.65. The van der Waals surface area contributed by atoms with Crippen LogP contribution in [0.1, 0.15) is 53.4 Å². The fraction of sp³-hybridized carbons (Fsp3) is 1.00. The van der Waals surface area contributed by atoms with Gasteiger partial charge in [-0.3, -0.25) is 0 Å². The van der Waals surface area contributed by atoms with Crippen LogP contribution in [-0.4, -0.2) is 21.9 Å². The smallest absolute Gasteiger partial charge is 0.0705 e. The van der Waals surface area contributed by atoms with Gasteiger partial charge in [0.15, 0.2) is 0 Å². The molecule has 1 saturated carbocycles. The lowest BCUT2D eigenvalue weighted by molar-refractivity contribution is -0.104. The molecule has 0 spiro atoms. The summed E-state index contributed by atoms with van der Waals surface area (Å²) in [5.41, 5.74) is -0.639. The van der Waals surface area contributed by atoms with Crippen LogP contribution in [0.3, 0.4) is 0 Å². The van der Waals surface area contributed by atoms with E-state index in [0.717, 1.165) is 12.8 Å². The zero-order valence-electron chi connectivity index (χ0n) is 10.5. The molecular formula is C13H26O2. The van der Waals surface area contributed by atoms with E-state index in [1.807, 2.05) is 0 Å². The average molecular weight is 214 g/mol. The van der Waals surface area contributed by atoms with Crippen molar-refractivity contribution in [2.45, 2.75) is 65.1 Å². The van der Waals surface area contributed by atoms with E-state index in [9.17, 15) is 10.2 Å². The van der Waals surface area contributed by atoms with E-state index in [-0.39, 0.29) is 0 Å². The van der Waals surface area contributed by atoms with E-state index >= 15 is 0 Å². The molecule has 0 heterocycles. The predicted molar refractivity (Wildman–Crippen MR) is 62.6 cm³/mol. The molecule has 0 radical (unpaired) electrons. The fourth-order valence-corrected chi connectivity index (χ4v) is 3.29. The van der Waals surface area contributed by atoms with Crippen LogP contribution in [0.15, 0.2) is 0 Å². The van der Waals surface area contributed by atoms with E-state index in [1.165, 1.54) is 6.42 Å². The van der Waals surface area contributed by atoms with Crippen molar-refractivity contribution in [2.75, 3.05) is 0 Å². The predicted octanol–water partition coefficient (Wildman–Crippen LogP) is 2.58. The molecule has 1 aliphatic rings. The van der Waals surface area contributed by atoms with Gasteiger partial charge in [-0.15, -0.1) is 0 Å². The van der Waals surface area contributed by atoms with Gasteiger partial charge in [0.05, 0.1) is 11.7 Å². The van der Waals surface area contributed by atoms with Gasteiger partial charge >= 0.3 is 0 Å². The molecule has 0 amide bonds. The van der Waals surface area contributed by atoms with Crippen LogP contribution in [0.5, 0.6) is 0 Å². The lowest BCUT2D eigenvalue weighted by Crippen LogP contribution is -2.47. The minimum Gasteiger partial charge on any atom is -0.393 e. The van der Waals surface area contributed by atoms with Gasteiger partial charge in [0.2, 0.25) is 0 Å². The standard InChI is InChI=1S/C13H26O2/c1-9(2)12-6-5-10(3)7-13(12,15)8-11(4)14/h9-12,14-15H,5-8H2,1-4H3/t10-,11+,12+,13-/m1/s1. The summed E-state index contributed by atoms with van der Waals surface area (Å²) in [5.74, 6) is 1.44. The Morgan fingerprint density at radius 3 is 2.33 bits per heavy atom. The quantitative estimate of drug-likeness (QED) is 0.758. The fourth-order valence-electron chi connectivity index (χ4n) is 3.29. The van der Waals surface area contributed by atoms with E-state index in [4.69, 9.17) is 0 Å². The van der Waals surface area contributed by atoms with Crippen LogP contribution < -0.4 is 0 Å². The first-order valence-corrected chi connectivity index (χ1v) is 6.25. The third-order valence-electron chi connectivity index (χ3n) is 3.82. The maximum Gasteiger partial charge on any atom is 0.0705 e. The van der Waals surface area contributed by atoms with Crippen molar-refractivity contribution < 1.29 is 10.2 Å². The van der Waals surface area contributed by atoms with Crippen LogP contribution in [0.2, 0.25) is 0 Å². The second kappa shape index (κ2) is 4.84. The second-order valence-electron chi connectivity index (χ2n) is 5.89. The summed E-state index contributed by atoms with van der Waals surface area (Å²) in [7, 11) is 0. The summed E-state index contributed by atoms with van der Waals surface area (Å²) < 4.78 is 0. The zero-order valence-corrected chi connectivity index (χ0v) is 10.5. The van der Waals surface area contributed by atoms with Crippen molar-refractivity contribution in [1.82, 2.24) is 0 Å². The summed E-state index contributed by atoms with van der Waals surface area (Å²) in [4.78, 5) is 0. The monoisotopic (exact) mass is 214 g/mol. The lowest BCUT2D eigenvalue weighted by Gasteiger charge is -2.45. The normalized spacial score (nSPS) is 39.4. The summed E-state index contributed by atoms with van der Waals surface area (Å²) in [6.45, 7) is 8.32. The Labute approximate surface area is 93.7 Å². The van der Waals surface area contributed by atoms with Crippen molar-refractivity contribution >= 4 is 0 Å². The topological polar surface area (TPSA) is 40.5 Å². The first-order valence-electron chi connectivity index (χ1n) is 6.25. The van der Waals surface area contributed by atoms with Crippen LogP contribution in [-0.2, 0) is 0 Å². The molecular weight excluding hydrogens is 188 g/mol. The summed E-state index contributed by atoms with van der Waals surface area (Å²) in [5, 5.41) is 20.2. The molecule has 0 aromatic rings. The second-order valence-corrected chi connectivity index (χ2v) is 5.89. The van der Waals surface area contributed by atoms with Gasteiger partial charge in [0.1, 0.15) is 0 Å². The van der Waals surface area contributed by atoms with Crippen molar-refractivity contribution in [3.63, 3.8) is 0 Å². The maximum atomic E-state index is 10.7. The third kappa shape index (κ3) is 3.18. The van der Waals surface area contributed by atoms with Crippen molar-refractivity contribution in [1.29, 1.82) is 0 Å². The molecule has 0 aromatic carbocycles. The van der Waals surface area contributed by atoms with Gasteiger partial charge in [-0.1, -0.05) is 27.2 Å². The molecule has 0 aliphatic heterocycles. The van der Waals surface area contributed by atoms with Gasteiger partial charge < -0.3 is 10.2 Å². The van der Waals surface area contributed by atoms with Crippen molar-refractivity contribution in [3.8, 4) is 0 Å². The summed E-state index contributed by atoms with van der Waals surface area (Å²) in [6, 6.07) is 0. The Morgan fingerprint density at radius 1 is 1.27 bits per heavy atom. The Balaban J connectivity index is 2.76. The molecule has 2 nitrogen and oxygen atoms in total. The van der Waals surface area contributed by atoms with E-state index in [0.29, 0.717) is 24.2 Å². The molecule has 0 unspecified atom stereocenters. The molecule has 2 heteroatoms. The van der Waals surface area contributed by atoms with Crippen LogP contribution in [0.25, 0.3) is 0 Å². The van der Waals surface area contributed by atoms with Gasteiger partial charge in [0.25, 0.3) is 0 Å². The highest BCUT2D eigenvalue weighted by Crippen LogP contribution is 2.43. The Morgan fingerprint density at radius 2 is 1.87 bits per heavy atom.